The summed E-state index contributed by atoms with van der Waals surface area (Å²) < 4.78 is 6.36. The lowest BCUT2D eigenvalue weighted by Gasteiger charge is -2.40. The quantitative estimate of drug-likeness (QED) is 0.0453. The van der Waals surface area contributed by atoms with E-state index in [0.29, 0.717) is 5.66 Å². The fourth-order valence-electron chi connectivity index (χ4n) is 10.8. The van der Waals surface area contributed by atoms with Gasteiger partial charge >= 0.3 is 0 Å². The summed E-state index contributed by atoms with van der Waals surface area (Å²) >= 11 is 0. The van der Waals surface area contributed by atoms with E-state index >= 15 is 0 Å². The van der Waals surface area contributed by atoms with Crippen LogP contribution in [-0.2, 0) is 0 Å². The van der Waals surface area contributed by atoms with Crippen molar-refractivity contribution in [3.05, 3.63) is 103 Å². The number of methoxy groups -OCH3 is 1. The molecule has 4 aromatic carbocycles. The first-order valence-corrected chi connectivity index (χ1v) is 33.7. The zero-order valence-electron chi connectivity index (χ0n) is 40.0. The lowest BCUT2D eigenvalue weighted by molar-refractivity contribution is 0.418. The van der Waals surface area contributed by atoms with Gasteiger partial charge in [0.25, 0.3) is 0 Å². The summed E-state index contributed by atoms with van der Waals surface area (Å²) in [6.07, 6.45) is 22.4. The average molecular weight is 895 g/mol. The molecule has 1 fully saturated rings. The second kappa shape index (κ2) is 26.0. The molecule has 334 valence electrons. The molecule has 2 nitrogen and oxygen atoms in total. The Labute approximate surface area is 379 Å². The van der Waals surface area contributed by atoms with E-state index in [-0.39, 0.29) is 0 Å². The maximum absolute atomic E-state index is 6.36. The summed E-state index contributed by atoms with van der Waals surface area (Å²) in [5.41, 5.74) is 0.554. The van der Waals surface area contributed by atoms with Crippen LogP contribution in [0.15, 0.2) is 103 Å². The van der Waals surface area contributed by atoms with Gasteiger partial charge in [0.2, 0.25) is 0 Å². The van der Waals surface area contributed by atoms with Crippen molar-refractivity contribution < 1.29 is 4.74 Å². The number of ether oxygens (including phenoxy) is 1. The molecule has 1 aliphatic rings. The molecule has 0 aliphatic heterocycles. The number of nitrogens with one attached hydrogen (secondary N) is 1. The third-order valence-electron chi connectivity index (χ3n) is 14.5. The zero-order valence-corrected chi connectivity index (χ0v) is 43.7. The van der Waals surface area contributed by atoms with E-state index in [1.165, 1.54) is 167 Å². The largest absolute Gasteiger partial charge is 0.493 e. The Bertz CT molecular complexity index is 1680. The number of hydrogen-bond donors (Lipinski definition) is 1. The predicted octanol–water partition coefficient (Wildman–Crippen LogP) is 14.7. The molecule has 1 atom stereocenters. The van der Waals surface area contributed by atoms with Crippen LogP contribution in [0.25, 0.3) is 0 Å². The summed E-state index contributed by atoms with van der Waals surface area (Å²) in [6, 6.07) is 50.5. The molecule has 5 rings (SSSR count). The average Bonchev–Trinajstić information content (AvgIpc) is 3.32. The fourth-order valence-corrected chi connectivity index (χ4v) is 30.6. The molecule has 1 aliphatic carbocycles. The summed E-state index contributed by atoms with van der Waals surface area (Å²) in [5, 5.41) is 9.27. The molecule has 1 unspecified atom stereocenters. The highest BCUT2D eigenvalue weighted by Crippen LogP contribution is 2.66. The van der Waals surface area contributed by atoms with Gasteiger partial charge in [0, 0.05) is 0 Å². The summed E-state index contributed by atoms with van der Waals surface area (Å²) in [6.45, 7) is 14.4. The number of rotatable bonds is 28. The predicted molar refractivity (Wildman–Crippen MR) is 284 cm³/mol. The van der Waals surface area contributed by atoms with Crippen LogP contribution in [0.1, 0.15) is 151 Å². The number of benzene rings is 4. The Balaban J connectivity index is 1.74. The van der Waals surface area contributed by atoms with Gasteiger partial charge in [-0.25, -0.2) is 0 Å². The molecule has 61 heavy (non-hydrogen) atoms. The van der Waals surface area contributed by atoms with E-state index in [1.807, 2.05) is 7.11 Å². The van der Waals surface area contributed by atoms with Gasteiger partial charge < -0.3 is 4.74 Å². The zero-order chi connectivity index (χ0) is 43.4. The van der Waals surface area contributed by atoms with Crippen LogP contribution in [0.5, 0.6) is 5.75 Å². The summed E-state index contributed by atoms with van der Waals surface area (Å²) in [7, 11) is -4.54. The molecule has 4 aromatic rings. The Kier molecular flexibility index (Phi) is 21.3. The van der Waals surface area contributed by atoms with Crippen LogP contribution in [-0.4, -0.2) is 28.9 Å². The van der Waals surface area contributed by atoms with Crippen LogP contribution < -0.4 is 41.2 Å². The van der Waals surface area contributed by atoms with Gasteiger partial charge in [0.05, 0.1) is 37.0 Å². The van der Waals surface area contributed by atoms with Crippen LogP contribution in [0.3, 0.4) is 0 Å². The van der Waals surface area contributed by atoms with E-state index in [9.17, 15) is 0 Å². The van der Waals surface area contributed by atoms with Crippen LogP contribution in [0.2, 0.25) is 36.3 Å². The van der Waals surface area contributed by atoms with E-state index < -0.39 is 31.6 Å². The third-order valence-corrected chi connectivity index (χ3v) is 33.1. The monoisotopic (exact) mass is 895 g/mol. The number of para-hydroxylation sites is 1. The molecule has 0 spiro atoms. The Morgan fingerprint density at radius 2 is 0.902 bits per heavy atom. The lowest BCUT2D eigenvalue weighted by Crippen LogP contribution is -2.48. The smallest absolute Gasteiger partial charge is 0.163 e. The van der Waals surface area contributed by atoms with Crippen molar-refractivity contribution in [1.29, 1.82) is 0 Å². The van der Waals surface area contributed by atoms with Crippen molar-refractivity contribution >= 4 is 63.2 Å². The van der Waals surface area contributed by atoms with E-state index in [0.717, 1.165) is 5.75 Å². The number of unbranched alkanes of at least 4 members (excludes halogenated alkanes) is 6. The molecule has 0 bridgehead atoms. The Morgan fingerprint density at radius 1 is 0.508 bits per heavy atom. The SMILES string of the molecule is CCCC[Si](CCCC)(CCCC)c1ccc(P(N[P+](c2ccccc2)(c2ccccc2OC)C2CCCCC2)c2ccc([Si](CCCC)(CCCC)CCCC)cc2)cc1. The standard InChI is InChI=1S/C55H86NOP2Si2/c1-8-14-42-60(43-15-9-2,44-16-10-3)52-38-34-48(35-39-52)58(49-36-40-53(41-37-49)61(45-17-11-4,46-18-12-5)47-19-13-6)56-59(50-28-22-20-23-29-50,51-30-24-21-25-31-51)55-33-27-26-32-54(55)57-7/h20,22-23,26-29,32-41,51,56H,8-19,21,24-25,30-31,42-47H2,1-7H3/q+1. The van der Waals surface area contributed by atoms with Crippen LogP contribution >= 0.6 is 15.5 Å². The van der Waals surface area contributed by atoms with Gasteiger partial charge in [-0.2, -0.15) is 4.86 Å². The van der Waals surface area contributed by atoms with Gasteiger partial charge in [0.15, 0.2) is 18.5 Å². The van der Waals surface area contributed by atoms with E-state index in [4.69, 9.17) is 9.59 Å². The van der Waals surface area contributed by atoms with Gasteiger partial charge in [-0.05, 0) is 60.6 Å². The topological polar surface area (TPSA) is 21.3 Å². The minimum absolute atomic E-state index is 0.554. The molecular weight excluding hydrogens is 809 g/mol. The van der Waals surface area contributed by atoms with Crippen molar-refractivity contribution in [2.75, 3.05) is 7.11 Å². The number of hydrogen-bond acceptors (Lipinski definition) is 2. The lowest BCUT2D eigenvalue weighted by atomic mass is 10.0. The van der Waals surface area contributed by atoms with Crippen molar-refractivity contribution in [3.8, 4) is 5.75 Å². The summed E-state index contributed by atoms with van der Waals surface area (Å²) in [4.78, 5) is 4.82. The van der Waals surface area contributed by atoms with Crippen molar-refractivity contribution in [3.63, 3.8) is 0 Å². The maximum Gasteiger partial charge on any atom is 0.163 e. The molecule has 0 saturated heterocycles. The molecule has 1 N–H and O–H groups in total. The molecule has 0 amide bonds. The van der Waals surface area contributed by atoms with Gasteiger partial charge in [0.1, 0.15) is 5.30 Å². The van der Waals surface area contributed by atoms with Crippen LogP contribution in [0.4, 0.5) is 0 Å². The van der Waals surface area contributed by atoms with Gasteiger partial charge in [-0.3, -0.25) is 0 Å². The highest BCUT2D eigenvalue weighted by atomic mass is 31.2. The molecule has 0 radical (unpaired) electrons. The molecular formula is C55H86NOP2Si2+. The van der Waals surface area contributed by atoms with Crippen molar-refractivity contribution in [2.45, 2.75) is 193 Å². The molecule has 1 saturated carbocycles. The highest BCUT2D eigenvalue weighted by molar-refractivity contribution is 7.96. The van der Waals surface area contributed by atoms with Gasteiger partial charge in [-0.1, -0.05) is 251 Å². The normalized spacial score (nSPS) is 15.0. The first-order chi connectivity index (χ1) is 29.9. The first-order valence-electron chi connectivity index (χ1n) is 25.3. The van der Waals surface area contributed by atoms with E-state index in [1.54, 1.807) is 10.4 Å². The minimum atomic E-state index is -2.22. The van der Waals surface area contributed by atoms with Crippen molar-refractivity contribution in [2.24, 2.45) is 0 Å². The Morgan fingerprint density at radius 3 is 1.30 bits per heavy atom. The van der Waals surface area contributed by atoms with Gasteiger partial charge in [-0.15, -0.1) is 0 Å². The highest BCUT2D eigenvalue weighted by Gasteiger charge is 2.54. The van der Waals surface area contributed by atoms with Crippen molar-refractivity contribution in [1.82, 2.24) is 4.86 Å². The second-order valence-corrected chi connectivity index (χ2v) is 33.7. The maximum atomic E-state index is 6.36. The van der Waals surface area contributed by atoms with E-state index in [2.05, 4.69) is 145 Å². The Hall–Kier alpha value is -2.07. The molecule has 0 aromatic heterocycles. The first kappa shape index (κ1) is 49.9. The second-order valence-electron chi connectivity index (χ2n) is 18.7. The third kappa shape index (κ3) is 12.6. The minimum Gasteiger partial charge on any atom is -0.493 e. The molecule has 6 heteroatoms. The summed E-state index contributed by atoms with van der Waals surface area (Å²) in [5.74, 6) is 1.04. The fraction of sp³-hybridized carbons (Fsp3) is 0.564. The van der Waals surface area contributed by atoms with Crippen LogP contribution in [0, 0.1) is 0 Å². The molecule has 0 heterocycles.